The number of halogens is 1. The lowest BCUT2D eigenvalue weighted by Crippen LogP contribution is -2.22. The highest BCUT2D eigenvalue weighted by Crippen LogP contribution is 2.16. The van der Waals surface area contributed by atoms with Crippen LogP contribution in [-0.4, -0.2) is 17.6 Å². The van der Waals surface area contributed by atoms with Gasteiger partial charge >= 0.3 is 0 Å². The van der Waals surface area contributed by atoms with E-state index < -0.39 is 0 Å². The number of hydrogen-bond donors (Lipinski definition) is 1. The van der Waals surface area contributed by atoms with Crippen molar-refractivity contribution in [3.05, 3.63) is 63.0 Å². The smallest absolute Gasteiger partial charge is 0.250 e. The van der Waals surface area contributed by atoms with Crippen LogP contribution in [0.5, 0.6) is 0 Å². The van der Waals surface area contributed by atoms with Crippen LogP contribution in [0, 0.1) is 0 Å². The van der Waals surface area contributed by atoms with Crippen LogP contribution in [0.15, 0.2) is 51.9 Å². The molecular weight excluding hydrogens is 348 g/mol. The summed E-state index contributed by atoms with van der Waals surface area (Å²) in [7, 11) is 1.61. The molecule has 5 nitrogen and oxygen atoms in total. The van der Waals surface area contributed by atoms with Crippen LogP contribution in [-0.2, 0) is 22.7 Å². The molecule has 0 aliphatic carbocycles. The fraction of sp³-hybridized carbons (Fsp3) is 0.250. The number of amides is 1. The van der Waals surface area contributed by atoms with Gasteiger partial charge in [-0.1, -0.05) is 18.2 Å². The molecule has 1 heterocycles. The molecule has 0 spiro atoms. The predicted molar refractivity (Wildman–Crippen MR) is 88.8 cm³/mol. The Hall–Kier alpha value is -1.92. The minimum Gasteiger partial charge on any atom is -0.380 e. The van der Waals surface area contributed by atoms with Gasteiger partial charge in [0.1, 0.15) is 0 Å². The molecule has 1 aromatic carbocycles. The van der Waals surface area contributed by atoms with E-state index in [1.165, 1.54) is 10.6 Å². The van der Waals surface area contributed by atoms with Gasteiger partial charge < -0.3 is 14.6 Å². The summed E-state index contributed by atoms with van der Waals surface area (Å²) in [5.74, 6) is -0.143. The van der Waals surface area contributed by atoms with Crippen molar-refractivity contribution in [3.63, 3.8) is 0 Å². The number of aromatic nitrogens is 1. The number of carbonyl (C=O) groups is 1. The SMILES string of the molecule is COCc1ccccc1NC(=O)CCn1cc(Br)ccc1=O. The molecule has 116 valence electrons. The van der Waals surface area contributed by atoms with Gasteiger partial charge in [0, 0.05) is 48.1 Å². The zero-order chi connectivity index (χ0) is 15.9. The van der Waals surface area contributed by atoms with E-state index in [9.17, 15) is 9.59 Å². The number of nitrogens with zero attached hydrogens (tertiary/aromatic N) is 1. The number of benzene rings is 1. The summed E-state index contributed by atoms with van der Waals surface area (Å²) in [6.45, 7) is 0.762. The highest BCUT2D eigenvalue weighted by molar-refractivity contribution is 9.10. The largest absolute Gasteiger partial charge is 0.380 e. The first-order valence-electron chi connectivity index (χ1n) is 6.83. The number of pyridine rings is 1. The van der Waals surface area contributed by atoms with E-state index in [0.717, 1.165) is 15.7 Å². The molecule has 22 heavy (non-hydrogen) atoms. The molecule has 0 saturated heterocycles. The molecule has 0 saturated carbocycles. The monoisotopic (exact) mass is 364 g/mol. The number of anilines is 1. The first kappa shape index (κ1) is 16.5. The van der Waals surface area contributed by atoms with Gasteiger partial charge in [-0.2, -0.15) is 0 Å². The second kappa shape index (κ2) is 7.91. The summed E-state index contributed by atoms with van der Waals surface area (Å²) in [6.07, 6.45) is 1.89. The van der Waals surface area contributed by atoms with E-state index >= 15 is 0 Å². The first-order chi connectivity index (χ1) is 10.6. The van der Waals surface area contributed by atoms with Crippen LogP contribution in [0.3, 0.4) is 0 Å². The second-order valence-electron chi connectivity index (χ2n) is 4.77. The Morgan fingerprint density at radius 2 is 2.05 bits per heavy atom. The zero-order valence-corrected chi connectivity index (χ0v) is 13.8. The lowest BCUT2D eigenvalue weighted by Gasteiger charge is -2.11. The topological polar surface area (TPSA) is 60.3 Å². The number of hydrogen-bond acceptors (Lipinski definition) is 3. The van der Waals surface area contributed by atoms with Gasteiger partial charge in [-0.25, -0.2) is 0 Å². The molecule has 1 amide bonds. The molecule has 0 bridgehead atoms. The second-order valence-corrected chi connectivity index (χ2v) is 5.68. The number of nitrogens with one attached hydrogen (secondary N) is 1. The summed E-state index contributed by atoms with van der Waals surface area (Å²) in [4.78, 5) is 23.7. The van der Waals surface area contributed by atoms with E-state index in [0.29, 0.717) is 13.2 Å². The maximum atomic E-state index is 12.1. The normalized spacial score (nSPS) is 10.5. The van der Waals surface area contributed by atoms with E-state index in [2.05, 4.69) is 21.2 Å². The molecule has 0 atom stereocenters. The summed E-state index contributed by atoms with van der Waals surface area (Å²) < 4.78 is 7.41. The van der Waals surface area contributed by atoms with Crippen molar-refractivity contribution < 1.29 is 9.53 Å². The van der Waals surface area contributed by atoms with Gasteiger partial charge in [0.15, 0.2) is 0 Å². The molecule has 2 aromatic rings. The van der Waals surface area contributed by atoms with E-state index in [1.807, 2.05) is 24.3 Å². The average Bonchev–Trinajstić information content (AvgIpc) is 2.50. The van der Waals surface area contributed by atoms with Gasteiger partial charge in [-0.3, -0.25) is 9.59 Å². The van der Waals surface area contributed by atoms with Gasteiger partial charge in [0.25, 0.3) is 5.56 Å². The summed E-state index contributed by atoms with van der Waals surface area (Å²) >= 11 is 3.31. The fourth-order valence-electron chi connectivity index (χ4n) is 2.04. The van der Waals surface area contributed by atoms with Crippen LogP contribution in [0.4, 0.5) is 5.69 Å². The fourth-order valence-corrected chi connectivity index (χ4v) is 2.41. The minimum absolute atomic E-state index is 0.129. The van der Waals surface area contributed by atoms with Gasteiger partial charge in [0.05, 0.1) is 6.61 Å². The summed E-state index contributed by atoms with van der Waals surface area (Å²) in [6, 6.07) is 10.6. The molecule has 0 unspecified atom stereocenters. The number of rotatable bonds is 6. The first-order valence-corrected chi connectivity index (χ1v) is 7.62. The summed E-state index contributed by atoms with van der Waals surface area (Å²) in [5, 5.41) is 2.85. The van der Waals surface area contributed by atoms with Crippen molar-refractivity contribution >= 4 is 27.5 Å². The third-order valence-corrected chi connectivity index (χ3v) is 3.59. The Balaban J connectivity index is 1.99. The lowest BCUT2D eigenvalue weighted by molar-refractivity contribution is -0.116. The van der Waals surface area contributed by atoms with Crippen molar-refractivity contribution in [2.24, 2.45) is 0 Å². The number of carbonyl (C=O) groups excluding carboxylic acids is 1. The number of ether oxygens (including phenoxy) is 1. The number of para-hydroxylation sites is 1. The van der Waals surface area contributed by atoms with Crippen LogP contribution in [0.2, 0.25) is 0 Å². The van der Waals surface area contributed by atoms with E-state index in [4.69, 9.17) is 4.74 Å². The van der Waals surface area contributed by atoms with Crippen LogP contribution in [0.1, 0.15) is 12.0 Å². The molecule has 2 rings (SSSR count). The highest BCUT2D eigenvalue weighted by atomic mass is 79.9. The molecule has 0 fully saturated rings. The van der Waals surface area contributed by atoms with Crippen LogP contribution >= 0.6 is 15.9 Å². The van der Waals surface area contributed by atoms with Crippen LogP contribution < -0.4 is 10.9 Å². The van der Waals surface area contributed by atoms with Crippen molar-refractivity contribution in [2.45, 2.75) is 19.6 Å². The molecule has 6 heteroatoms. The number of aryl methyl sites for hydroxylation is 1. The van der Waals surface area contributed by atoms with Crippen molar-refractivity contribution in [1.82, 2.24) is 4.57 Å². The predicted octanol–water partition coefficient (Wildman–Crippen LogP) is 2.79. The Kier molecular flexibility index (Phi) is 5.91. The minimum atomic E-state index is -0.143. The Labute approximate surface area is 137 Å². The molecule has 1 N–H and O–H groups in total. The van der Waals surface area contributed by atoms with Crippen molar-refractivity contribution in [2.75, 3.05) is 12.4 Å². The third kappa shape index (κ3) is 4.54. The number of methoxy groups -OCH3 is 1. The van der Waals surface area contributed by atoms with Crippen molar-refractivity contribution in [3.8, 4) is 0 Å². The molecule has 0 aliphatic rings. The van der Waals surface area contributed by atoms with Gasteiger partial charge in [-0.05, 0) is 28.1 Å². The molecular formula is C16H17BrN2O3. The average molecular weight is 365 g/mol. The molecule has 1 aromatic heterocycles. The van der Waals surface area contributed by atoms with Crippen molar-refractivity contribution in [1.29, 1.82) is 0 Å². The zero-order valence-electron chi connectivity index (χ0n) is 12.2. The van der Waals surface area contributed by atoms with Crippen LogP contribution in [0.25, 0.3) is 0 Å². The van der Waals surface area contributed by atoms with E-state index in [-0.39, 0.29) is 17.9 Å². The van der Waals surface area contributed by atoms with Gasteiger partial charge in [-0.15, -0.1) is 0 Å². The Bertz CT molecular complexity index is 713. The standard InChI is InChI=1S/C16H17BrN2O3/c1-22-11-12-4-2-3-5-14(12)18-15(20)8-9-19-10-13(17)6-7-16(19)21/h2-7,10H,8-9,11H2,1H3,(H,18,20). The Morgan fingerprint density at radius 1 is 1.27 bits per heavy atom. The van der Waals surface area contributed by atoms with Gasteiger partial charge in [0.2, 0.25) is 5.91 Å². The summed E-state index contributed by atoms with van der Waals surface area (Å²) in [5.41, 5.74) is 1.52. The quantitative estimate of drug-likeness (QED) is 0.857. The molecule has 0 aliphatic heterocycles. The maximum Gasteiger partial charge on any atom is 0.250 e. The maximum absolute atomic E-state index is 12.1. The Morgan fingerprint density at radius 3 is 2.82 bits per heavy atom. The highest BCUT2D eigenvalue weighted by Gasteiger charge is 2.07. The molecule has 0 radical (unpaired) electrons. The lowest BCUT2D eigenvalue weighted by atomic mass is 10.2. The van der Waals surface area contributed by atoms with E-state index in [1.54, 1.807) is 19.4 Å². The third-order valence-electron chi connectivity index (χ3n) is 3.12.